The van der Waals surface area contributed by atoms with Crippen molar-refractivity contribution in [1.82, 2.24) is 9.80 Å². The Hall–Kier alpha value is -1.10. The van der Waals surface area contributed by atoms with E-state index in [0.29, 0.717) is 25.9 Å². The number of nitrogens with zero attached hydrogens (tertiary/aromatic N) is 2. The highest BCUT2D eigenvalue weighted by atomic mass is 16.4. The summed E-state index contributed by atoms with van der Waals surface area (Å²) in [7, 11) is 2.03. The van der Waals surface area contributed by atoms with Gasteiger partial charge in [0.15, 0.2) is 0 Å². The van der Waals surface area contributed by atoms with Gasteiger partial charge in [0.05, 0.1) is 0 Å². The molecule has 0 aromatic heterocycles. The first-order valence-corrected chi connectivity index (χ1v) is 6.89. The third kappa shape index (κ3) is 7.82. The predicted octanol–water partition coefficient (Wildman–Crippen LogP) is 1.82. The lowest BCUT2D eigenvalue weighted by atomic mass is 10.1. The number of carboxylic acid groups (broad SMARTS) is 1. The van der Waals surface area contributed by atoms with Crippen molar-refractivity contribution in [2.24, 2.45) is 0 Å². The predicted molar refractivity (Wildman–Crippen MR) is 76.1 cm³/mol. The molecule has 0 aromatic rings. The Balaban J connectivity index is 4.28. The summed E-state index contributed by atoms with van der Waals surface area (Å²) in [6.45, 7) is 10.2. The normalized spacial score (nSPS) is 11.7. The number of carbonyl (C=O) groups is 2. The van der Waals surface area contributed by atoms with Crippen LogP contribution in [0.4, 0.5) is 0 Å². The Morgan fingerprint density at radius 1 is 1.11 bits per heavy atom. The van der Waals surface area contributed by atoms with Gasteiger partial charge in [0.25, 0.3) is 0 Å². The molecule has 1 amide bonds. The number of likely N-dealkylation sites (N-methyl/N-ethyl adjacent to an activating group) is 1. The molecule has 1 N–H and O–H groups in total. The Labute approximate surface area is 116 Å². The third-order valence-corrected chi connectivity index (χ3v) is 3.32. The van der Waals surface area contributed by atoms with Crippen LogP contribution < -0.4 is 0 Å². The van der Waals surface area contributed by atoms with Crippen molar-refractivity contribution in [3.8, 4) is 0 Å². The first-order valence-electron chi connectivity index (χ1n) is 6.89. The van der Waals surface area contributed by atoms with Crippen LogP contribution in [0.2, 0.25) is 0 Å². The summed E-state index contributed by atoms with van der Waals surface area (Å²) in [5.74, 6) is -0.719. The van der Waals surface area contributed by atoms with Gasteiger partial charge in [0.2, 0.25) is 5.91 Å². The molecule has 0 aliphatic carbocycles. The van der Waals surface area contributed by atoms with Crippen molar-refractivity contribution in [1.29, 1.82) is 0 Å². The molecule has 0 saturated heterocycles. The molecule has 0 rings (SSSR count). The van der Waals surface area contributed by atoms with E-state index >= 15 is 0 Å². The lowest BCUT2D eigenvalue weighted by Gasteiger charge is -2.34. The van der Waals surface area contributed by atoms with Gasteiger partial charge in [-0.15, -0.1) is 0 Å². The molecule has 0 unspecified atom stereocenters. The second kappa shape index (κ2) is 8.15. The van der Waals surface area contributed by atoms with E-state index in [9.17, 15) is 9.59 Å². The summed E-state index contributed by atoms with van der Waals surface area (Å²) in [5.41, 5.74) is 0.0714. The number of carbonyl (C=O) groups excluding carboxylic acids is 1. The molecule has 0 aromatic carbocycles. The molecule has 0 aliphatic heterocycles. The van der Waals surface area contributed by atoms with E-state index in [4.69, 9.17) is 5.11 Å². The van der Waals surface area contributed by atoms with Gasteiger partial charge in [-0.3, -0.25) is 14.5 Å². The summed E-state index contributed by atoms with van der Waals surface area (Å²) in [4.78, 5) is 26.3. The van der Waals surface area contributed by atoms with Crippen molar-refractivity contribution < 1.29 is 14.7 Å². The van der Waals surface area contributed by atoms with Crippen LogP contribution in [0.1, 0.15) is 47.0 Å². The van der Waals surface area contributed by atoms with Crippen LogP contribution in [0.3, 0.4) is 0 Å². The highest BCUT2D eigenvalue weighted by Gasteiger charge is 2.19. The number of hydrogen-bond acceptors (Lipinski definition) is 3. The molecule has 19 heavy (non-hydrogen) atoms. The summed E-state index contributed by atoms with van der Waals surface area (Å²) in [6.07, 6.45) is 1.09. The van der Waals surface area contributed by atoms with Crippen molar-refractivity contribution >= 4 is 11.9 Å². The van der Waals surface area contributed by atoms with E-state index in [0.717, 1.165) is 6.54 Å². The molecule has 0 heterocycles. The van der Waals surface area contributed by atoms with Gasteiger partial charge in [-0.2, -0.15) is 0 Å². The Bertz CT molecular complexity index is 298. The SMILES string of the molecule is CCC(=O)N(CCCC(=O)O)CCN(C)C(C)(C)C. The molecule has 0 radical (unpaired) electrons. The van der Waals surface area contributed by atoms with Crippen LogP contribution in [0.15, 0.2) is 0 Å². The van der Waals surface area contributed by atoms with E-state index in [1.165, 1.54) is 0 Å². The molecule has 0 bridgehead atoms. The lowest BCUT2D eigenvalue weighted by Crippen LogP contribution is -2.44. The smallest absolute Gasteiger partial charge is 0.303 e. The maximum atomic E-state index is 11.8. The van der Waals surface area contributed by atoms with Crippen molar-refractivity contribution in [2.45, 2.75) is 52.5 Å². The van der Waals surface area contributed by atoms with Gasteiger partial charge in [-0.05, 0) is 34.2 Å². The zero-order chi connectivity index (χ0) is 15.1. The van der Waals surface area contributed by atoms with Crippen molar-refractivity contribution in [2.75, 3.05) is 26.7 Å². The second-order valence-corrected chi connectivity index (χ2v) is 5.82. The molecule has 5 heteroatoms. The van der Waals surface area contributed by atoms with Crippen LogP contribution >= 0.6 is 0 Å². The first kappa shape index (κ1) is 17.9. The highest BCUT2D eigenvalue weighted by molar-refractivity contribution is 5.75. The molecule has 112 valence electrons. The van der Waals surface area contributed by atoms with Crippen LogP contribution in [-0.4, -0.2) is 59.0 Å². The van der Waals surface area contributed by atoms with Crippen LogP contribution in [-0.2, 0) is 9.59 Å². The van der Waals surface area contributed by atoms with E-state index in [-0.39, 0.29) is 17.9 Å². The topological polar surface area (TPSA) is 60.9 Å². The quantitative estimate of drug-likeness (QED) is 0.732. The molecule has 0 aliphatic rings. The Kier molecular flexibility index (Phi) is 7.68. The minimum atomic E-state index is -0.810. The van der Waals surface area contributed by atoms with E-state index in [2.05, 4.69) is 25.7 Å². The van der Waals surface area contributed by atoms with Crippen LogP contribution in [0, 0.1) is 0 Å². The zero-order valence-electron chi connectivity index (χ0n) is 12.9. The standard InChI is InChI=1S/C14H28N2O3/c1-6-12(17)16(9-7-8-13(18)19)11-10-15(5)14(2,3)4/h6-11H2,1-5H3,(H,18,19). The number of amides is 1. The number of carboxylic acids is 1. The lowest BCUT2D eigenvalue weighted by molar-refractivity contribution is -0.138. The van der Waals surface area contributed by atoms with Gasteiger partial charge < -0.3 is 10.0 Å². The number of hydrogen-bond donors (Lipinski definition) is 1. The number of rotatable bonds is 8. The Morgan fingerprint density at radius 2 is 1.68 bits per heavy atom. The van der Waals surface area contributed by atoms with Crippen molar-refractivity contribution in [3.63, 3.8) is 0 Å². The molecular formula is C14H28N2O3. The minimum absolute atomic E-state index is 0.0714. The van der Waals surface area contributed by atoms with Crippen LogP contribution in [0.25, 0.3) is 0 Å². The molecule has 0 spiro atoms. The fourth-order valence-corrected chi connectivity index (χ4v) is 1.61. The highest BCUT2D eigenvalue weighted by Crippen LogP contribution is 2.10. The summed E-state index contributed by atoms with van der Waals surface area (Å²) < 4.78 is 0. The minimum Gasteiger partial charge on any atom is -0.481 e. The van der Waals surface area contributed by atoms with Gasteiger partial charge in [0, 0.05) is 38.0 Å². The fraction of sp³-hybridized carbons (Fsp3) is 0.857. The summed E-state index contributed by atoms with van der Waals surface area (Å²) >= 11 is 0. The largest absolute Gasteiger partial charge is 0.481 e. The maximum Gasteiger partial charge on any atom is 0.303 e. The van der Waals surface area contributed by atoms with Gasteiger partial charge in [-0.1, -0.05) is 6.92 Å². The molecule has 0 saturated carbocycles. The summed E-state index contributed by atoms with van der Waals surface area (Å²) in [6, 6.07) is 0. The van der Waals surface area contributed by atoms with Gasteiger partial charge >= 0.3 is 5.97 Å². The fourth-order valence-electron chi connectivity index (χ4n) is 1.61. The molecule has 0 fully saturated rings. The second-order valence-electron chi connectivity index (χ2n) is 5.82. The van der Waals surface area contributed by atoms with E-state index in [1.54, 1.807) is 4.90 Å². The van der Waals surface area contributed by atoms with Gasteiger partial charge in [0.1, 0.15) is 0 Å². The first-order chi connectivity index (χ1) is 8.68. The summed E-state index contributed by atoms with van der Waals surface area (Å²) in [5, 5.41) is 8.64. The van der Waals surface area contributed by atoms with E-state index in [1.807, 2.05) is 14.0 Å². The average Bonchev–Trinajstić information content (AvgIpc) is 2.30. The molecular weight excluding hydrogens is 244 g/mol. The zero-order valence-corrected chi connectivity index (χ0v) is 12.9. The maximum absolute atomic E-state index is 11.8. The monoisotopic (exact) mass is 272 g/mol. The Morgan fingerprint density at radius 3 is 2.11 bits per heavy atom. The van der Waals surface area contributed by atoms with E-state index < -0.39 is 5.97 Å². The average molecular weight is 272 g/mol. The number of aliphatic carboxylic acids is 1. The molecule has 5 nitrogen and oxygen atoms in total. The van der Waals surface area contributed by atoms with Gasteiger partial charge in [-0.25, -0.2) is 0 Å². The van der Waals surface area contributed by atoms with Crippen molar-refractivity contribution in [3.05, 3.63) is 0 Å². The molecule has 0 atom stereocenters. The van der Waals surface area contributed by atoms with Crippen LogP contribution in [0.5, 0.6) is 0 Å². The third-order valence-electron chi connectivity index (χ3n) is 3.32.